The second kappa shape index (κ2) is 9.78. The quantitative estimate of drug-likeness (QED) is 0.261. The van der Waals surface area contributed by atoms with Crippen molar-refractivity contribution in [3.8, 4) is 22.8 Å². The summed E-state index contributed by atoms with van der Waals surface area (Å²) in [5, 5.41) is 5.95. The Kier molecular flexibility index (Phi) is 6.41. The lowest BCUT2D eigenvalue weighted by Gasteiger charge is -2.08. The zero-order chi connectivity index (χ0) is 23.5. The predicted molar refractivity (Wildman–Crippen MR) is 134 cm³/mol. The number of carbonyl (C=O) groups excluding carboxylic acids is 1. The fourth-order valence-electron chi connectivity index (χ4n) is 3.84. The minimum absolute atomic E-state index is 0.0771. The molecule has 1 aliphatic heterocycles. The molecule has 0 spiro atoms. The Bertz CT molecular complexity index is 1470. The largest absolute Gasteiger partial charge is 0.454 e. The fraction of sp³-hybridized carbons (Fsp3) is 0.250. The maximum atomic E-state index is 12.7. The second-order valence-electron chi connectivity index (χ2n) is 7.90. The number of amides is 1. The van der Waals surface area contributed by atoms with E-state index < -0.39 is 0 Å². The molecule has 2 N–H and O–H groups in total. The third kappa shape index (κ3) is 4.73. The van der Waals surface area contributed by atoms with Crippen molar-refractivity contribution in [3.63, 3.8) is 0 Å². The van der Waals surface area contributed by atoms with Crippen LogP contribution >= 0.6 is 23.6 Å². The molecule has 0 aliphatic carbocycles. The summed E-state index contributed by atoms with van der Waals surface area (Å²) in [5.74, 6) is 1.34. The monoisotopic (exact) mass is 494 g/mol. The van der Waals surface area contributed by atoms with Crippen molar-refractivity contribution in [2.24, 2.45) is 0 Å². The van der Waals surface area contributed by atoms with E-state index in [4.69, 9.17) is 21.7 Å². The molecule has 0 radical (unpaired) electrons. The van der Waals surface area contributed by atoms with Crippen molar-refractivity contribution in [2.75, 3.05) is 12.1 Å². The lowest BCUT2D eigenvalue weighted by atomic mass is 10.1. The van der Waals surface area contributed by atoms with Gasteiger partial charge in [0, 0.05) is 23.9 Å². The summed E-state index contributed by atoms with van der Waals surface area (Å²) in [6.07, 6.45) is 2.67. The number of hydrogen-bond acceptors (Lipinski definition) is 7. The fourth-order valence-corrected chi connectivity index (χ4v) is 4.86. The van der Waals surface area contributed by atoms with Crippen LogP contribution in [0.25, 0.3) is 22.2 Å². The zero-order valence-electron chi connectivity index (χ0n) is 18.2. The van der Waals surface area contributed by atoms with Crippen LogP contribution in [0.5, 0.6) is 11.5 Å². The number of benzene rings is 2. The topological polar surface area (TPSA) is 98.2 Å². The maximum absolute atomic E-state index is 12.7. The Balaban J connectivity index is 1.10. The predicted octanol–water partition coefficient (Wildman–Crippen LogP) is 5.11. The number of ether oxygens (including phenoxy) is 2. The second-order valence-corrected chi connectivity index (χ2v) is 9.14. The molecule has 4 aromatic rings. The summed E-state index contributed by atoms with van der Waals surface area (Å²) in [5.41, 5.74) is 2.34. The third-order valence-corrected chi connectivity index (χ3v) is 6.67. The van der Waals surface area contributed by atoms with Crippen LogP contribution in [0.1, 0.15) is 25.7 Å². The van der Waals surface area contributed by atoms with Gasteiger partial charge in [0.15, 0.2) is 21.4 Å². The van der Waals surface area contributed by atoms with Gasteiger partial charge >= 0.3 is 0 Å². The number of aromatic nitrogens is 3. The van der Waals surface area contributed by atoms with Crippen molar-refractivity contribution in [1.82, 2.24) is 14.5 Å². The SMILES string of the molecule is O=C(CCCCCn1c(=S)[nH]c2ccccc2c1=O)Nc1nc(-c2ccc3c(c2)OCO3)cs1. The van der Waals surface area contributed by atoms with Gasteiger partial charge < -0.3 is 19.8 Å². The molecule has 0 atom stereocenters. The van der Waals surface area contributed by atoms with Gasteiger partial charge in [-0.25, -0.2) is 4.98 Å². The highest BCUT2D eigenvalue weighted by molar-refractivity contribution is 7.71. The van der Waals surface area contributed by atoms with Crippen molar-refractivity contribution in [1.29, 1.82) is 0 Å². The number of nitrogens with zero attached hydrogens (tertiary/aromatic N) is 2. The molecule has 174 valence electrons. The number of para-hydroxylation sites is 1. The van der Waals surface area contributed by atoms with E-state index >= 15 is 0 Å². The van der Waals surface area contributed by atoms with E-state index in [1.165, 1.54) is 11.3 Å². The molecule has 3 heterocycles. The molecule has 1 amide bonds. The smallest absolute Gasteiger partial charge is 0.262 e. The molecular formula is C24H22N4O4S2. The summed E-state index contributed by atoms with van der Waals surface area (Å²) in [7, 11) is 0. The minimum Gasteiger partial charge on any atom is -0.454 e. The first-order valence-corrected chi connectivity index (χ1v) is 12.2. The first-order valence-electron chi connectivity index (χ1n) is 11.0. The number of thiazole rings is 1. The Morgan fingerprint density at radius 3 is 2.91 bits per heavy atom. The molecule has 5 rings (SSSR count). The lowest BCUT2D eigenvalue weighted by molar-refractivity contribution is -0.116. The Morgan fingerprint density at radius 2 is 2.00 bits per heavy atom. The number of anilines is 1. The van der Waals surface area contributed by atoms with Crippen LogP contribution < -0.4 is 20.3 Å². The zero-order valence-corrected chi connectivity index (χ0v) is 19.8. The van der Waals surface area contributed by atoms with Crippen LogP contribution in [0.2, 0.25) is 0 Å². The first kappa shape index (κ1) is 22.3. The molecule has 2 aromatic carbocycles. The van der Waals surface area contributed by atoms with Gasteiger partial charge in [-0.05, 0) is 55.4 Å². The number of unbranched alkanes of at least 4 members (excludes halogenated alkanes) is 2. The molecular weight excluding hydrogens is 472 g/mol. The van der Waals surface area contributed by atoms with Gasteiger partial charge in [-0.3, -0.25) is 14.2 Å². The normalized spacial score (nSPS) is 12.2. The van der Waals surface area contributed by atoms with E-state index in [9.17, 15) is 9.59 Å². The molecule has 0 unspecified atom stereocenters. The van der Waals surface area contributed by atoms with Crippen LogP contribution in [0.3, 0.4) is 0 Å². The van der Waals surface area contributed by atoms with Gasteiger partial charge in [0.1, 0.15) is 0 Å². The van der Waals surface area contributed by atoms with Gasteiger partial charge in [-0.1, -0.05) is 18.6 Å². The molecule has 1 aliphatic rings. The number of nitrogens with one attached hydrogen (secondary N) is 2. The van der Waals surface area contributed by atoms with Crippen LogP contribution in [-0.2, 0) is 11.3 Å². The molecule has 10 heteroatoms. The average Bonchev–Trinajstić information content (AvgIpc) is 3.49. The van der Waals surface area contributed by atoms with E-state index in [2.05, 4.69) is 15.3 Å². The minimum atomic E-state index is -0.0841. The molecule has 34 heavy (non-hydrogen) atoms. The third-order valence-electron chi connectivity index (χ3n) is 5.59. The Hall–Kier alpha value is -3.50. The van der Waals surface area contributed by atoms with Crippen molar-refractivity contribution in [2.45, 2.75) is 32.2 Å². The van der Waals surface area contributed by atoms with Gasteiger partial charge in [0.25, 0.3) is 5.56 Å². The summed E-state index contributed by atoms with van der Waals surface area (Å²) in [4.78, 5) is 32.6. The van der Waals surface area contributed by atoms with E-state index in [0.29, 0.717) is 40.4 Å². The number of rotatable bonds is 8. The summed E-state index contributed by atoms with van der Waals surface area (Å²) >= 11 is 6.73. The molecule has 8 nitrogen and oxygen atoms in total. The maximum Gasteiger partial charge on any atom is 0.262 e. The van der Waals surface area contributed by atoms with E-state index in [1.54, 1.807) is 10.6 Å². The van der Waals surface area contributed by atoms with Gasteiger partial charge in [0.2, 0.25) is 12.7 Å². The van der Waals surface area contributed by atoms with E-state index in [-0.39, 0.29) is 18.3 Å². The van der Waals surface area contributed by atoms with E-state index in [0.717, 1.165) is 35.4 Å². The summed E-state index contributed by atoms with van der Waals surface area (Å²) in [6.45, 7) is 0.745. The van der Waals surface area contributed by atoms with Gasteiger partial charge in [-0.15, -0.1) is 11.3 Å². The Morgan fingerprint density at radius 1 is 1.15 bits per heavy atom. The van der Waals surface area contributed by atoms with Gasteiger partial charge in [0.05, 0.1) is 16.6 Å². The van der Waals surface area contributed by atoms with E-state index in [1.807, 2.05) is 41.8 Å². The van der Waals surface area contributed by atoms with Crippen molar-refractivity contribution in [3.05, 3.63) is 63.0 Å². The highest BCUT2D eigenvalue weighted by Gasteiger charge is 2.15. The summed E-state index contributed by atoms with van der Waals surface area (Å²) < 4.78 is 12.8. The van der Waals surface area contributed by atoms with Crippen LogP contribution in [0, 0.1) is 4.77 Å². The van der Waals surface area contributed by atoms with Crippen LogP contribution in [0.4, 0.5) is 5.13 Å². The molecule has 0 fully saturated rings. The molecule has 2 aromatic heterocycles. The number of fused-ring (bicyclic) bond motifs is 2. The van der Waals surface area contributed by atoms with Gasteiger partial charge in [-0.2, -0.15) is 0 Å². The molecule has 0 bridgehead atoms. The Labute approximate surface area is 204 Å². The standard InChI is InChI=1S/C24H22N4O4S2/c29-21(27-23-25-18(13-34-23)15-9-10-19-20(12-15)32-14-31-19)8-2-1-5-11-28-22(30)16-6-3-4-7-17(16)26-24(28)33/h3-4,6-7,9-10,12-13H,1-2,5,8,11,14H2,(H,26,33)(H,25,27,29). The van der Waals surface area contributed by atoms with Crippen molar-refractivity contribution >= 4 is 45.5 Å². The van der Waals surface area contributed by atoms with Crippen LogP contribution in [-0.4, -0.2) is 27.2 Å². The molecule has 0 saturated heterocycles. The highest BCUT2D eigenvalue weighted by Crippen LogP contribution is 2.36. The number of aromatic amines is 1. The highest BCUT2D eigenvalue weighted by atomic mass is 32.1. The average molecular weight is 495 g/mol. The van der Waals surface area contributed by atoms with Crippen LogP contribution in [0.15, 0.2) is 52.6 Å². The number of H-pyrrole nitrogens is 1. The van der Waals surface area contributed by atoms with Crippen molar-refractivity contribution < 1.29 is 14.3 Å². The first-order chi connectivity index (χ1) is 16.6. The lowest BCUT2D eigenvalue weighted by Crippen LogP contribution is -2.22. The number of carbonyl (C=O) groups is 1. The molecule has 0 saturated carbocycles. The summed E-state index contributed by atoms with van der Waals surface area (Å²) in [6, 6.07) is 13.0. The number of hydrogen-bond donors (Lipinski definition) is 2.